The molecule has 2 aromatic rings. The Morgan fingerprint density at radius 3 is 2.90 bits per heavy atom. The molecule has 0 aliphatic heterocycles. The molecule has 0 amide bonds. The lowest BCUT2D eigenvalue weighted by atomic mass is 10.2. The molecular formula is C12H12ClN3O3S. The first-order valence-corrected chi connectivity index (χ1v) is 7.08. The van der Waals surface area contributed by atoms with Crippen LogP contribution in [0.5, 0.6) is 0 Å². The third-order valence-electron chi connectivity index (χ3n) is 2.55. The largest absolute Gasteiger partial charge is 0.478 e. The summed E-state index contributed by atoms with van der Waals surface area (Å²) in [5.41, 5.74) is -0.153. The first-order chi connectivity index (χ1) is 9.52. The molecule has 20 heavy (non-hydrogen) atoms. The van der Waals surface area contributed by atoms with Crippen molar-refractivity contribution in [3.05, 3.63) is 39.3 Å². The van der Waals surface area contributed by atoms with Gasteiger partial charge in [-0.25, -0.2) is 14.7 Å². The number of nitrogens with zero attached hydrogens (tertiary/aromatic N) is 2. The number of hydrogen-bond acceptors (Lipinski definition) is 4. The zero-order valence-corrected chi connectivity index (χ0v) is 12.2. The monoisotopic (exact) mass is 313 g/mol. The SMILES string of the molecule is CCCn1c(Sc2ccc(C(=O)O)cc2Cl)n[nH]c1=O. The standard InChI is InChI=1S/C12H12ClN3O3S/c1-2-5-16-11(19)14-15-12(16)20-9-4-3-7(10(17)18)6-8(9)13/h3-4,6H,2,5H2,1H3,(H,14,19)(H,17,18). The van der Waals surface area contributed by atoms with E-state index in [0.717, 1.165) is 6.42 Å². The number of carboxylic acids is 1. The summed E-state index contributed by atoms with van der Waals surface area (Å²) in [6, 6.07) is 4.44. The molecule has 0 aliphatic rings. The van der Waals surface area contributed by atoms with Gasteiger partial charge < -0.3 is 5.11 Å². The van der Waals surface area contributed by atoms with Crippen LogP contribution in [0.25, 0.3) is 0 Å². The molecule has 8 heteroatoms. The topological polar surface area (TPSA) is 88.0 Å². The van der Waals surface area contributed by atoms with Gasteiger partial charge in [0, 0.05) is 11.4 Å². The second-order valence-corrected chi connectivity index (χ2v) is 5.43. The summed E-state index contributed by atoms with van der Waals surface area (Å²) in [4.78, 5) is 23.1. The molecule has 6 nitrogen and oxygen atoms in total. The summed E-state index contributed by atoms with van der Waals surface area (Å²) < 4.78 is 1.52. The predicted molar refractivity (Wildman–Crippen MR) is 75.7 cm³/mol. The number of nitrogens with one attached hydrogen (secondary N) is 1. The number of aromatic nitrogens is 3. The fourth-order valence-corrected chi connectivity index (χ4v) is 2.78. The van der Waals surface area contributed by atoms with Gasteiger partial charge in [-0.05, 0) is 36.4 Å². The van der Waals surface area contributed by atoms with Gasteiger partial charge >= 0.3 is 11.7 Å². The molecule has 0 saturated heterocycles. The highest BCUT2D eigenvalue weighted by molar-refractivity contribution is 7.99. The van der Waals surface area contributed by atoms with Crippen molar-refractivity contribution in [2.45, 2.75) is 29.9 Å². The minimum atomic E-state index is -1.04. The Labute approximate surface area is 123 Å². The molecule has 2 N–H and O–H groups in total. The molecule has 106 valence electrons. The molecule has 0 atom stereocenters. The van der Waals surface area contributed by atoms with E-state index in [9.17, 15) is 9.59 Å². The van der Waals surface area contributed by atoms with Crippen molar-refractivity contribution < 1.29 is 9.90 Å². The Balaban J connectivity index is 2.31. The summed E-state index contributed by atoms with van der Waals surface area (Å²) in [5, 5.41) is 16.0. The number of aromatic carboxylic acids is 1. The van der Waals surface area contributed by atoms with Crippen molar-refractivity contribution in [3.63, 3.8) is 0 Å². The number of benzene rings is 1. The van der Waals surface area contributed by atoms with Crippen molar-refractivity contribution in [3.8, 4) is 0 Å². The second kappa shape index (κ2) is 6.15. The molecule has 0 saturated carbocycles. The zero-order chi connectivity index (χ0) is 14.7. The fourth-order valence-electron chi connectivity index (χ4n) is 1.62. The molecule has 0 aliphatic carbocycles. The van der Waals surface area contributed by atoms with Crippen LogP contribution in [0.3, 0.4) is 0 Å². The highest BCUT2D eigenvalue weighted by Crippen LogP contribution is 2.32. The lowest BCUT2D eigenvalue weighted by Crippen LogP contribution is -2.17. The van der Waals surface area contributed by atoms with E-state index < -0.39 is 5.97 Å². The van der Waals surface area contributed by atoms with E-state index in [2.05, 4.69) is 10.2 Å². The zero-order valence-electron chi connectivity index (χ0n) is 10.6. The molecule has 0 unspecified atom stereocenters. The van der Waals surface area contributed by atoms with Crippen LogP contribution in [0.15, 0.2) is 33.0 Å². The number of aromatic amines is 1. The predicted octanol–water partition coefficient (Wildman–Crippen LogP) is 2.48. The highest BCUT2D eigenvalue weighted by Gasteiger charge is 2.13. The summed E-state index contributed by atoms with van der Waals surface area (Å²) in [7, 11) is 0. The van der Waals surface area contributed by atoms with Crippen LogP contribution in [0.4, 0.5) is 0 Å². The number of carbonyl (C=O) groups is 1. The van der Waals surface area contributed by atoms with Gasteiger partial charge in [0.2, 0.25) is 0 Å². The van der Waals surface area contributed by atoms with E-state index in [0.29, 0.717) is 21.6 Å². The maximum atomic E-state index is 11.6. The first-order valence-electron chi connectivity index (χ1n) is 5.88. The van der Waals surface area contributed by atoms with E-state index in [1.165, 1.54) is 28.5 Å². The maximum absolute atomic E-state index is 11.6. The van der Waals surface area contributed by atoms with Crippen molar-refractivity contribution in [2.75, 3.05) is 0 Å². The van der Waals surface area contributed by atoms with E-state index in [-0.39, 0.29) is 11.3 Å². The van der Waals surface area contributed by atoms with Crippen LogP contribution < -0.4 is 5.69 Å². The molecule has 0 radical (unpaired) electrons. The normalized spacial score (nSPS) is 10.7. The van der Waals surface area contributed by atoms with Crippen molar-refractivity contribution in [2.24, 2.45) is 0 Å². The Morgan fingerprint density at radius 2 is 2.30 bits per heavy atom. The number of rotatable bonds is 5. The minimum Gasteiger partial charge on any atom is -0.478 e. The number of H-pyrrole nitrogens is 1. The molecule has 0 fully saturated rings. The van der Waals surface area contributed by atoms with E-state index in [1.54, 1.807) is 6.07 Å². The van der Waals surface area contributed by atoms with Gasteiger partial charge in [0.1, 0.15) is 0 Å². The number of hydrogen-bond donors (Lipinski definition) is 2. The van der Waals surface area contributed by atoms with Gasteiger partial charge in [-0.15, -0.1) is 5.10 Å². The van der Waals surface area contributed by atoms with Crippen molar-refractivity contribution >= 4 is 29.3 Å². The summed E-state index contributed by atoms with van der Waals surface area (Å²) in [5.74, 6) is -1.04. The van der Waals surface area contributed by atoms with Gasteiger partial charge in [-0.3, -0.25) is 4.57 Å². The number of halogens is 1. The van der Waals surface area contributed by atoms with Gasteiger partial charge in [0.05, 0.1) is 10.6 Å². The van der Waals surface area contributed by atoms with Gasteiger partial charge in [-0.1, -0.05) is 18.5 Å². The van der Waals surface area contributed by atoms with E-state index >= 15 is 0 Å². The Morgan fingerprint density at radius 1 is 1.55 bits per heavy atom. The highest BCUT2D eigenvalue weighted by atomic mass is 35.5. The molecular weight excluding hydrogens is 302 g/mol. The van der Waals surface area contributed by atoms with Crippen LogP contribution in [0.1, 0.15) is 23.7 Å². The average molecular weight is 314 g/mol. The van der Waals surface area contributed by atoms with E-state index in [4.69, 9.17) is 16.7 Å². The number of carboxylic acid groups (broad SMARTS) is 1. The Kier molecular flexibility index (Phi) is 4.51. The third-order valence-corrected chi connectivity index (χ3v) is 4.05. The summed E-state index contributed by atoms with van der Waals surface area (Å²) in [6.07, 6.45) is 0.804. The molecule has 1 aromatic heterocycles. The first kappa shape index (κ1) is 14.7. The van der Waals surface area contributed by atoms with Crippen molar-refractivity contribution in [1.82, 2.24) is 14.8 Å². The maximum Gasteiger partial charge on any atom is 0.343 e. The molecule has 1 aromatic carbocycles. The molecule has 1 heterocycles. The van der Waals surface area contributed by atoms with Crippen LogP contribution in [-0.4, -0.2) is 25.8 Å². The van der Waals surface area contributed by atoms with Crippen LogP contribution >= 0.6 is 23.4 Å². The lowest BCUT2D eigenvalue weighted by Gasteiger charge is -2.06. The quantitative estimate of drug-likeness (QED) is 0.885. The molecule has 0 bridgehead atoms. The van der Waals surface area contributed by atoms with Crippen molar-refractivity contribution in [1.29, 1.82) is 0 Å². The second-order valence-electron chi connectivity index (χ2n) is 4.02. The Hall–Kier alpha value is -1.73. The smallest absolute Gasteiger partial charge is 0.343 e. The van der Waals surface area contributed by atoms with E-state index in [1.807, 2.05) is 6.92 Å². The Bertz CT molecular complexity index is 695. The van der Waals surface area contributed by atoms with Crippen LogP contribution in [-0.2, 0) is 6.54 Å². The van der Waals surface area contributed by atoms with Gasteiger partial charge in [0.15, 0.2) is 5.16 Å². The minimum absolute atomic E-state index is 0.118. The molecule has 2 rings (SSSR count). The third kappa shape index (κ3) is 3.05. The van der Waals surface area contributed by atoms with Crippen LogP contribution in [0.2, 0.25) is 5.02 Å². The fraction of sp³-hybridized carbons (Fsp3) is 0.250. The van der Waals surface area contributed by atoms with Gasteiger partial charge in [0.25, 0.3) is 0 Å². The summed E-state index contributed by atoms with van der Waals surface area (Å²) in [6.45, 7) is 2.52. The van der Waals surface area contributed by atoms with Gasteiger partial charge in [-0.2, -0.15) is 0 Å². The summed E-state index contributed by atoms with van der Waals surface area (Å²) >= 11 is 7.27. The lowest BCUT2D eigenvalue weighted by molar-refractivity contribution is 0.0697. The molecule has 0 spiro atoms. The van der Waals surface area contributed by atoms with Crippen LogP contribution in [0, 0.1) is 0 Å². The average Bonchev–Trinajstić information content (AvgIpc) is 2.74.